The van der Waals surface area contributed by atoms with Gasteiger partial charge in [-0.25, -0.2) is 0 Å². The zero-order valence-electron chi connectivity index (χ0n) is 9.22. The molecule has 0 unspecified atom stereocenters. The maximum Gasteiger partial charge on any atom is 0.416 e. The zero-order chi connectivity index (χ0) is 12.5. The number of alkyl halides is 3. The van der Waals surface area contributed by atoms with Gasteiger partial charge >= 0.3 is 6.18 Å². The van der Waals surface area contributed by atoms with Crippen molar-refractivity contribution in [1.29, 1.82) is 5.26 Å². The van der Waals surface area contributed by atoms with E-state index < -0.39 is 17.2 Å². The summed E-state index contributed by atoms with van der Waals surface area (Å²) in [5.41, 5.74) is -1.46. The Morgan fingerprint density at radius 2 is 1.71 bits per heavy atom. The molecule has 0 aliphatic heterocycles. The van der Waals surface area contributed by atoms with Crippen molar-refractivity contribution in [2.24, 2.45) is 0 Å². The molecule has 4 heteroatoms. The standard InChI is InChI=1S/C13H12F3N/c14-13(15,16)11-6-2-1-5-10(11)12(9-17)7-3-4-8-12/h1-2,5-6H,3-4,7-8H2. The molecule has 1 aliphatic carbocycles. The summed E-state index contributed by atoms with van der Waals surface area (Å²) in [6.45, 7) is 0. The van der Waals surface area contributed by atoms with Crippen LogP contribution < -0.4 is 0 Å². The maximum atomic E-state index is 12.9. The molecule has 1 aromatic carbocycles. The molecule has 1 aromatic rings. The van der Waals surface area contributed by atoms with E-state index in [2.05, 4.69) is 6.07 Å². The summed E-state index contributed by atoms with van der Waals surface area (Å²) in [5.74, 6) is 0. The number of nitrogens with zero attached hydrogens (tertiary/aromatic N) is 1. The minimum atomic E-state index is -4.39. The minimum absolute atomic E-state index is 0.146. The van der Waals surface area contributed by atoms with Crippen LogP contribution in [0.1, 0.15) is 36.8 Å². The molecule has 0 radical (unpaired) electrons. The van der Waals surface area contributed by atoms with Gasteiger partial charge in [-0.3, -0.25) is 0 Å². The second kappa shape index (κ2) is 4.06. The quantitative estimate of drug-likeness (QED) is 0.725. The van der Waals surface area contributed by atoms with E-state index in [9.17, 15) is 18.4 Å². The largest absolute Gasteiger partial charge is 0.416 e. The van der Waals surface area contributed by atoms with Crippen LogP contribution in [0.2, 0.25) is 0 Å². The fraction of sp³-hybridized carbons (Fsp3) is 0.462. The highest BCUT2D eigenvalue weighted by molar-refractivity contribution is 5.41. The molecule has 1 aliphatic rings. The van der Waals surface area contributed by atoms with Crippen LogP contribution in [0.15, 0.2) is 24.3 Å². The second-order valence-corrected chi connectivity index (χ2v) is 4.44. The van der Waals surface area contributed by atoms with Crippen LogP contribution in [0.5, 0.6) is 0 Å². The van der Waals surface area contributed by atoms with Crippen LogP contribution in [-0.4, -0.2) is 0 Å². The van der Waals surface area contributed by atoms with Crippen LogP contribution in [0.3, 0.4) is 0 Å². The summed E-state index contributed by atoms with van der Waals surface area (Å²) in [4.78, 5) is 0. The molecule has 0 heterocycles. The van der Waals surface area contributed by atoms with Crippen LogP contribution >= 0.6 is 0 Å². The van der Waals surface area contributed by atoms with Crippen molar-refractivity contribution in [1.82, 2.24) is 0 Å². The molecule has 0 bridgehead atoms. The number of rotatable bonds is 1. The molecule has 2 rings (SSSR count). The summed E-state index contributed by atoms with van der Waals surface area (Å²) in [6.07, 6.45) is -1.70. The van der Waals surface area contributed by atoms with Gasteiger partial charge in [0, 0.05) is 0 Å². The summed E-state index contributed by atoms with van der Waals surface area (Å²) in [5, 5.41) is 9.24. The Kier molecular flexibility index (Phi) is 2.86. The van der Waals surface area contributed by atoms with E-state index in [1.807, 2.05) is 0 Å². The summed E-state index contributed by atoms with van der Waals surface area (Å²) >= 11 is 0. The van der Waals surface area contributed by atoms with Gasteiger partial charge in [-0.05, 0) is 24.5 Å². The highest BCUT2D eigenvalue weighted by Gasteiger charge is 2.43. The van der Waals surface area contributed by atoms with Crippen LogP contribution in [0.25, 0.3) is 0 Å². The molecule has 1 fully saturated rings. The first-order valence-electron chi connectivity index (χ1n) is 5.58. The van der Waals surface area contributed by atoms with Crippen molar-refractivity contribution in [3.05, 3.63) is 35.4 Å². The Bertz CT molecular complexity index is 450. The van der Waals surface area contributed by atoms with Gasteiger partial charge in [-0.1, -0.05) is 31.0 Å². The topological polar surface area (TPSA) is 23.8 Å². The molecular weight excluding hydrogens is 227 g/mol. The van der Waals surface area contributed by atoms with Gasteiger partial charge < -0.3 is 0 Å². The van der Waals surface area contributed by atoms with Gasteiger partial charge in [0.15, 0.2) is 0 Å². The number of benzene rings is 1. The van der Waals surface area contributed by atoms with E-state index >= 15 is 0 Å². The van der Waals surface area contributed by atoms with Gasteiger partial charge in [0.25, 0.3) is 0 Å². The van der Waals surface area contributed by atoms with Crippen molar-refractivity contribution >= 4 is 0 Å². The zero-order valence-corrected chi connectivity index (χ0v) is 9.22. The Labute approximate surface area is 97.9 Å². The molecular formula is C13H12F3N. The van der Waals surface area contributed by atoms with Crippen molar-refractivity contribution in [2.75, 3.05) is 0 Å². The number of hydrogen-bond acceptors (Lipinski definition) is 1. The smallest absolute Gasteiger partial charge is 0.197 e. The third-order valence-electron chi connectivity index (χ3n) is 3.42. The predicted octanol–water partition coefficient (Wildman–Crippen LogP) is 4.04. The Morgan fingerprint density at radius 1 is 1.12 bits per heavy atom. The number of hydrogen-bond donors (Lipinski definition) is 0. The van der Waals surface area contributed by atoms with Gasteiger partial charge in [0.1, 0.15) is 0 Å². The average molecular weight is 239 g/mol. The summed E-state index contributed by atoms with van der Waals surface area (Å²) < 4.78 is 38.7. The Balaban J connectivity index is 2.56. The van der Waals surface area contributed by atoms with Gasteiger partial charge in [-0.2, -0.15) is 18.4 Å². The van der Waals surface area contributed by atoms with Crippen molar-refractivity contribution in [3.63, 3.8) is 0 Å². The van der Waals surface area contributed by atoms with Crippen molar-refractivity contribution < 1.29 is 13.2 Å². The summed E-state index contributed by atoms with van der Waals surface area (Å²) in [7, 11) is 0. The number of halogens is 3. The predicted molar refractivity (Wildman–Crippen MR) is 57.2 cm³/mol. The van der Waals surface area contributed by atoms with E-state index in [0.29, 0.717) is 12.8 Å². The lowest BCUT2D eigenvalue weighted by molar-refractivity contribution is -0.138. The molecule has 1 nitrogen and oxygen atoms in total. The first kappa shape index (κ1) is 12.0. The van der Waals surface area contributed by atoms with Crippen molar-refractivity contribution in [3.8, 4) is 6.07 Å². The first-order chi connectivity index (χ1) is 7.99. The van der Waals surface area contributed by atoms with Gasteiger partial charge in [0.05, 0.1) is 17.0 Å². The first-order valence-corrected chi connectivity index (χ1v) is 5.58. The van der Waals surface area contributed by atoms with Gasteiger partial charge in [-0.15, -0.1) is 0 Å². The molecule has 17 heavy (non-hydrogen) atoms. The molecule has 0 amide bonds. The molecule has 1 saturated carbocycles. The van der Waals surface area contributed by atoms with E-state index in [1.54, 1.807) is 6.07 Å². The van der Waals surface area contributed by atoms with Crippen LogP contribution in [0, 0.1) is 11.3 Å². The summed E-state index contributed by atoms with van der Waals surface area (Å²) in [6, 6.07) is 7.55. The lowest BCUT2D eigenvalue weighted by Gasteiger charge is -2.24. The third kappa shape index (κ3) is 2.02. The lowest BCUT2D eigenvalue weighted by atomic mass is 9.78. The molecule has 90 valence electrons. The monoisotopic (exact) mass is 239 g/mol. The fourth-order valence-corrected chi connectivity index (χ4v) is 2.57. The van der Waals surface area contributed by atoms with E-state index in [0.717, 1.165) is 18.9 Å². The lowest BCUT2D eigenvalue weighted by Crippen LogP contribution is -2.24. The molecule has 0 atom stereocenters. The SMILES string of the molecule is N#CC1(c2ccccc2C(F)(F)F)CCCC1. The van der Waals surface area contributed by atoms with Crippen LogP contribution in [0.4, 0.5) is 13.2 Å². The fourth-order valence-electron chi connectivity index (χ4n) is 2.57. The van der Waals surface area contributed by atoms with Crippen LogP contribution in [-0.2, 0) is 11.6 Å². The molecule has 0 saturated heterocycles. The van der Waals surface area contributed by atoms with E-state index in [4.69, 9.17) is 0 Å². The highest BCUT2D eigenvalue weighted by atomic mass is 19.4. The minimum Gasteiger partial charge on any atom is -0.197 e. The molecule has 0 N–H and O–H groups in total. The normalized spacial score (nSPS) is 18.9. The Morgan fingerprint density at radius 3 is 2.24 bits per heavy atom. The maximum absolute atomic E-state index is 12.9. The van der Waals surface area contributed by atoms with E-state index in [1.165, 1.54) is 12.1 Å². The number of nitriles is 1. The Hall–Kier alpha value is -1.50. The molecule has 0 aromatic heterocycles. The average Bonchev–Trinajstić information content (AvgIpc) is 2.78. The van der Waals surface area contributed by atoms with Gasteiger partial charge in [0.2, 0.25) is 0 Å². The third-order valence-corrected chi connectivity index (χ3v) is 3.42. The second-order valence-electron chi connectivity index (χ2n) is 4.44. The molecule has 0 spiro atoms. The highest BCUT2D eigenvalue weighted by Crippen LogP contribution is 2.45. The van der Waals surface area contributed by atoms with E-state index in [-0.39, 0.29) is 5.56 Å². The van der Waals surface area contributed by atoms with Crippen molar-refractivity contribution in [2.45, 2.75) is 37.3 Å².